The van der Waals surface area contributed by atoms with Crippen LogP contribution in [0.4, 0.5) is 0 Å². The van der Waals surface area contributed by atoms with Crippen molar-refractivity contribution in [1.29, 1.82) is 0 Å². The molecule has 0 bridgehead atoms. The Bertz CT molecular complexity index is 888. The summed E-state index contributed by atoms with van der Waals surface area (Å²) in [5.41, 5.74) is 3.06. The zero-order chi connectivity index (χ0) is 19.9. The van der Waals surface area contributed by atoms with Gasteiger partial charge in [0, 0.05) is 19.0 Å². The summed E-state index contributed by atoms with van der Waals surface area (Å²) < 4.78 is 5.25. The van der Waals surface area contributed by atoms with Gasteiger partial charge in [0.25, 0.3) is 0 Å². The lowest BCUT2D eigenvalue weighted by Crippen LogP contribution is -2.31. The van der Waals surface area contributed by atoms with Crippen molar-refractivity contribution in [2.45, 2.75) is 46.1 Å². The predicted molar refractivity (Wildman–Crippen MR) is 107 cm³/mol. The molecule has 0 fully saturated rings. The SMILES string of the molecule is CCc1ccc(C(NC(=O)CCc2nc(-c3ccccn3)no2)C(C)C)cc1. The molecule has 0 spiro atoms. The molecule has 0 saturated heterocycles. The van der Waals surface area contributed by atoms with E-state index in [-0.39, 0.29) is 17.9 Å². The largest absolute Gasteiger partial charge is 0.349 e. The molecular weight excluding hydrogens is 352 g/mol. The van der Waals surface area contributed by atoms with Crippen molar-refractivity contribution >= 4 is 5.91 Å². The lowest BCUT2D eigenvalue weighted by Gasteiger charge is -2.23. The maximum atomic E-state index is 12.5. The van der Waals surface area contributed by atoms with E-state index in [9.17, 15) is 4.79 Å². The molecule has 2 heterocycles. The molecule has 0 radical (unpaired) electrons. The second-order valence-corrected chi connectivity index (χ2v) is 7.11. The first kappa shape index (κ1) is 19.7. The molecule has 0 aliphatic heterocycles. The average Bonchev–Trinajstić information content (AvgIpc) is 3.20. The number of amides is 1. The number of pyridine rings is 1. The molecule has 1 N–H and O–H groups in total. The standard InChI is InChI=1S/C22H26N4O2/c1-4-16-8-10-17(11-9-16)21(15(2)3)24-19(27)12-13-20-25-22(26-28-20)18-7-5-6-14-23-18/h5-11,14-15,21H,4,12-13H2,1-3H3,(H,24,27). The topological polar surface area (TPSA) is 80.9 Å². The number of carbonyl (C=O) groups is 1. The van der Waals surface area contributed by atoms with E-state index in [1.54, 1.807) is 6.20 Å². The Kier molecular flexibility index (Phi) is 6.53. The molecular formula is C22H26N4O2. The molecule has 6 nitrogen and oxygen atoms in total. The Balaban J connectivity index is 1.58. The maximum Gasteiger partial charge on any atom is 0.227 e. The first-order valence-corrected chi connectivity index (χ1v) is 9.69. The number of carbonyl (C=O) groups excluding carboxylic acids is 1. The third-order valence-electron chi connectivity index (χ3n) is 4.66. The number of hydrogen-bond donors (Lipinski definition) is 1. The average molecular weight is 378 g/mol. The second kappa shape index (κ2) is 9.26. The molecule has 0 aliphatic carbocycles. The van der Waals surface area contributed by atoms with Crippen molar-refractivity contribution in [2.75, 3.05) is 0 Å². The predicted octanol–water partition coefficient (Wildman–Crippen LogP) is 4.14. The van der Waals surface area contributed by atoms with Crippen LogP contribution < -0.4 is 5.32 Å². The van der Waals surface area contributed by atoms with Gasteiger partial charge in [-0.15, -0.1) is 0 Å². The van der Waals surface area contributed by atoms with Crippen molar-refractivity contribution in [1.82, 2.24) is 20.4 Å². The summed E-state index contributed by atoms with van der Waals surface area (Å²) in [6.07, 6.45) is 3.37. The van der Waals surface area contributed by atoms with Crippen LogP contribution in [0.1, 0.15) is 50.3 Å². The van der Waals surface area contributed by atoms with Crippen LogP contribution in [0, 0.1) is 5.92 Å². The first-order valence-electron chi connectivity index (χ1n) is 9.69. The highest BCUT2D eigenvalue weighted by molar-refractivity contribution is 5.76. The normalized spacial score (nSPS) is 12.1. The van der Waals surface area contributed by atoms with Gasteiger partial charge in [0.1, 0.15) is 5.69 Å². The summed E-state index contributed by atoms with van der Waals surface area (Å²) in [7, 11) is 0. The Morgan fingerprint density at radius 1 is 1.14 bits per heavy atom. The summed E-state index contributed by atoms with van der Waals surface area (Å²) in [5.74, 6) is 1.13. The monoisotopic (exact) mass is 378 g/mol. The zero-order valence-electron chi connectivity index (χ0n) is 16.6. The smallest absolute Gasteiger partial charge is 0.227 e. The van der Waals surface area contributed by atoms with Crippen LogP contribution in [-0.4, -0.2) is 21.0 Å². The van der Waals surface area contributed by atoms with E-state index in [0.717, 1.165) is 12.0 Å². The fourth-order valence-electron chi connectivity index (χ4n) is 3.02. The summed E-state index contributed by atoms with van der Waals surface area (Å²) in [6.45, 7) is 6.35. The van der Waals surface area contributed by atoms with Crippen LogP contribution in [0.5, 0.6) is 0 Å². The van der Waals surface area contributed by atoms with E-state index in [1.807, 2.05) is 18.2 Å². The lowest BCUT2D eigenvalue weighted by atomic mass is 9.94. The van der Waals surface area contributed by atoms with Crippen LogP contribution in [0.25, 0.3) is 11.5 Å². The maximum absolute atomic E-state index is 12.5. The number of nitrogens with zero attached hydrogens (tertiary/aromatic N) is 3. The number of rotatable bonds is 8. The Morgan fingerprint density at radius 2 is 1.93 bits per heavy atom. The van der Waals surface area contributed by atoms with Gasteiger partial charge in [0.15, 0.2) is 0 Å². The molecule has 1 atom stereocenters. The van der Waals surface area contributed by atoms with E-state index in [2.05, 4.69) is 65.5 Å². The molecule has 6 heteroatoms. The van der Waals surface area contributed by atoms with Gasteiger partial charge in [-0.1, -0.05) is 56.3 Å². The van der Waals surface area contributed by atoms with Crippen LogP contribution in [0.2, 0.25) is 0 Å². The van der Waals surface area contributed by atoms with E-state index >= 15 is 0 Å². The van der Waals surface area contributed by atoms with Gasteiger partial charge in [-0.05, 0) is 35.6 Å². The minimum absolute atomic E-state index is 0.0230. The number of aromatic nitrogens is 3. The zero-order valence-corrected chi connectivity index (χ0v) is 16.6. The first-order chi connectivity index (χ1) is 13.6. The number of benzene rings is 1. The highest BCUT2D eigenvalue weighted by Crippen LogP contribution is 2.22. The Morgan fingerprint density at radius 3 is 2.57 bits per heavy atom. The minimum atomic E-state index is -0.0316. The number of aryl methyl sites for hydroxylation is 2. The van der Waals surface area contributed by atoms with Gasteiger partial charge in [-0.2, -0.15) is 4.98 Å². The van der Waals surface area contributed by atoms with Gasteiger partial charge < -0.3 is 9.84 Å². The third kappa shape index (κ3) is 5.03. The summed E-state index contributed by atoms with van der Waals surface area (Å²) in [4.78, 5) is 21.0. The molecule has 146 valence electrons. The van der Waals surface area contributed by atoms with Crippen molar-refractivity contribution in [3.63, 3.8) is 0 Å². The van der Waals surface area contributed by atoms with E-state index in [1.165, 1.54) is 5.56 Å². The molecule has 0 saturated carbocycles. The molecule has 2 aromatic heterocycles. The van der Waals surface area contributed by atoms with E-state index in [0.29, 0.717) is 30.3 Å². The number of hydrogen-bond acceptors (Lipinski definition) is 5. The van der Waals surface area contributed by atoms with Crippen LogP contribution in [-0.2, 0) is 17.6 Å². The van der Waals surface area contributed by atoms with Gasteiger partial charge in [-0.3, -0.25) is 9.78 Å². The van der Waals surface area contributed by atoms with Gasteiger partial charge >= 0.3 is 0 Å². The van der Waals surface area contributed by atoms with Gasteiger partial charge in [0.05, 0.1) is 6.04 Å². The summed E-state index contributed by atoms with van der Waals surface area (Å²) in [5, 5.41) is 7.07. The quantitative estimate of drug-likeness (QED) is 0.637. The molecule has 3 rings (SSSR count). The molecule has 1 unspecified atom stereocenters. The second-order valence-electron chi connectivity index (χ2n) is 7.11. The van der Waals surface area contributed by atoms with Gasteiger partial charge in [-0.25, -0.2) is 0 Å². The molecule has 1 amide bonds. The van der Waals surface area contributed by atoms with Crippen molar-refractivity contribution < 1.29 is 9.32 Å². The van der Waals surface area contributed by atoms with Crippen LogP contribution >= 0.6 is 0 Å². The fraction of sp³-hybridized carbons (Fsp3) is 0.364. The highest BCUT2D eigenvalue weighted by atomic mass is 16.5. The summed E-state index contributed by atoms with van der Waals surface area (Å²) >= 11 is 0. The van der Waals surface area contributed by atoms with Crippen molar-refractivity contribution in [3.8, 4) is 11.5 Å². The molecule has 0 aliphatic rings. The Hall–Kier alpha value is -3.02. The van der Waals surface area contributed by atoms with Crippen molar-refractivity contribution in [3.05, 3.63) is 65.7 Å². The van der Waals surface area contributed by atoms with Crippen LogP contribution in [0.3, 0.4) is 0 Å². The van der Waals surface area contributed by atoms with Crippen LogP contribution in [0.15, 0.2) is 53.2 Å². The number of nitrogens with one attached hydrogen (secondary N) is 1. The van der Waals surface area contributed by atoms with E-state index in [4.69, 9.17) is 4.52 Å². The molecule has 28 heavy (non-hydrogen) atoms. The van der Waals surface area contributed by atoms with Crippen molar-refractivity contribution in [2.24, 2.45) is 5.92 Å². The Labute approximate surface area is 165 Å². The van der Waals surface area contributed by atoms with E-state index < -0.39 is 0 Å². The van der Waals surface area contributed by atoms with Gasteiger partial charge in [0.2, 0.25) is 17.6 Å². The third-order valence-corrected chi connectivity index (χ3v) is 4.66. The fourth-order valence-corrected chi connectivity index (χ4v) is 3.02. The molecule has 3 aromatic rings. The molecule has 1 aromatic carbocycles. The summed E-state index contributed by atoms with van der Waals surface area (Å²) in [6, 6.07) is 13.9. The minimum Gasteiger partial charge on any atom is -0.349 e. The lowest BCUT2D eigenvalue weighted by molar-refractivity contribution is -0.122. The highest BCUT2D eigenvalue weighted by Gasteiger charge is 2.19.